The van der Waals surface area contributed by atoms with E-state index >= 15 is 0 Å². The zero-order valence-corrected chi connectivity index (χ0v) is 16.1. The van der Waals surface area contributed by atoms with E-state index in [1.54, 1.807) is 17.0 Å². The Morgan fingerprint density at radius 3 is 2.28 bits per heavy atom. The zero-order valence-electron chi connectivity index (χ0n) is 16.1. The summed E-state index contributed by atoms with van der Waals surface area (Å²) in [4.78, 5) is 5.80. The van der Waals surface area contributed by atoms with Crippen LogP contribution in [0.4, 0.5) is 19.1 Å². The van der Waals surface area contributed by atoms with Crippen molar-refractivity contribution in [1.29, 1.82) is 0 Å². The number of anilines is 1. The molecule has 2 heterocycles. The Morgan fingerprint density at radius 2 is 1.80 bits per heavy atom. The standard InChI is InChI=1S/C14H16F3N3.C3H8.C2H6/c1-9(2)20-11-5-3-4-10(15)12(11)18-13(20)19-7-6-14(16,17)8-19;1-3-2;1-2/h3-5,9H,6-8H2,1-2H3;3H2,1-2H3;1-2H3. The first kappa shape index (κ1) is 21.3. The fourth-order valence-electron chi connectivity index (χ4n) is 2.71. The van der Waals surface area contributed by atoms with Gasteiger partial charge in [0.05, 0.1) is 12.1 Å². The Kier molecular flexibility index (Phi) is 7.77. The van der Waals surface area contributed by atoms with Gasteiger partial charge < -0.3 is 9.47 Å². The van der Waals surface area contributed by atoms with Crippen LogP contribution in [0.1, 0.15) is 60.4 Å². The van der Waals surface area contributed by atoms with Crippen molar-refractivity contribution in [2.45, 2.75) is 66.3 Å². The van der Waals surface area contributed by atoms with Crippen molar-refractivity contribution < 1.29 is 13.2 Å². The fraction of sp³-hybridized carbons (Fsp3) is 0.632. The minimum absolute atomic E-state index is 0.0195. The molecule has 1 saturated heterocycles. The van der Waals surface area contributed by atoms with Gasteiger partial charge >= 0.3 is 0 Å². The van der Waals surface area contributed by atoms with Crippen molar-refractivity contribution in [2.24, 2.45) is 0 Å². The first-order valence-corrected chi connectivity index (χ1v) is 9.10. The average molecular weight is 357 g/mol. The summed E-state index contributed by atoms with van der Waals surface area (Å²) in [6, 6.07) is 4.73. The zero-order chi connectivity index (χ0) is 19.2. The SMILES string of the molecule is CC.CC(C)n1c(N2CCC(F)(F)C2)nc2c(F)cccc21.CCC. The summed E-state index contributed by atoms with van der Waals surface area (Å²) in [6.45, 7) is 12.0. The molecular formula is C19H30F3N3. The molecule has 0 aliphatic carbocycles. The molecule has 0 amide bonds. The van der Waals surface area contributed by atoms with E-state index < -0.39 is 11.7 Å². The molecule has 1 aromatic carbocycles. The second-order valence-corrected chi connectivity index (χ2v) is 6.22. The monoisotopic (exact) mass is 357 g/mol. The molecule has 6 heteroatoms. The number of hydrogen-bond donors (Lipinski definition) is 0. The van der Waals surface area contributed by atoms with Gasteiger partial charge in [-0.1, -0.05) is 40.2 Å². The maximum Gasteiger partial charge on any atom is 0.267 e. The Hall–Kier alpha value is -1.72. The number of benzene rings is 1. The Labute approximate surface area is 148 Å². The molecule has 2 aromatic rings. The summed E-state index contributed by atoms with van der Waals surface area (Å²) in [5.41, 5.74) is 0.886. The van der Waals surface area contributed by atoms with Crippen molar-refractivity contribution in [3.63, 3.8) is 0 Å². The third kappa shape index (κ3) is 4.89. The van der Waals surface area contributed by atoms with E-state index in [0.717, 1.165) is 0 Å². The number of para-hydroxylation sites is 1. The van der Waals surface area contributed by atoms with Crippen LogP contribution in [0.2, 0.25) is 0 Å². The number of imidazole rings is 1. The number of hydrogen-bond acceptors (Lipinski definition) is 2. The molecule has 0 atom stereocenters. The average Bonchev–Trinajstić information content (AvgIpc) is 3.11. The molecule has 0 radical (unpaired) electrons. The second-order valence-electron chi connectivity index (χ2n) is 6.22. The maximum absolute atomic E-state index is 13.8. The number of fused-ring (bicyclic) bond motifs is 1. The van der Waals surface area contributed by atoms with Crippen molar-refractivity contribution in [2.75, 3.05) is 18.0 Å². The minimum atomic E-state index is -2.70. The van der Waals surface area contributed by atoms with E-state index in [1.165, 1.54) is 12.5 Å². The third-order valence-electron chi connectivity index (χ3n) is 3.62. The van der Waals surface area contributed by atoms with Crippen LogP contribution in [0.3, 0.4) is 0 Å². The van der Waals surface area contributed by atoms with Crippen LogP contribution in [0.5, 0.6) is 0 Å². The Balaban J connectivity index is 0.000000567. The minimum Gasteiger partial charge on any atom is -0.336 e. The molecule has 0 spiro atoms. The van der Waals surface area contributed by atoms with E-state index in [9.17, 15) is 13.2 Å². The molecule has 25 heavy (non-hydrogen) atoms. The summed E-state index contributed by atoms with van der Waals surface area (Å²) >= 11 is 0. The summed E-state index contributed by atoms with van der Waals surface area (Å²) in [7, 11) is 0. The van der Waals surface area contributed by atoms with Crippen LogP contribution in [-0.2, 0) is 0 Å². The summed E-state index contributed by atoms with van der Waals surface area (Å²) < 4.78 is 42.4. The normalized spacial score (nSPS) is 15.7. The lowest BCUT2D eigenvalue weighted by molar-refractivity contribution is 0.0256. The topological polar surface area (TPSA) is 21.1 Å². The molecular weight excluding hydrogens is 327 g/mol. The molecule has 142 valence electrons. The molecule has 3 rings (SSSR count). The van der Waals surface area contributed by atoms with Crippen LogP contribution in [-0.4, -0.2) is 28.6 Å². The van der Waals surface area contributed by atoms with Gasteiger partial charge in [0.2, 0.25) is 5.95 Å². The van der Waals surface area contributed by atoms with Crippen molar-refractivity contribution >= 4 is 17.0 Å². The largest absolute Gasteiger partial charge is 0.336 e. The number of halogens is 3. The molecule has 0 N–H and O–H groups in total. The highest BCUT2D eigenvalue weighted by molar-refractivity contribution is 5.79. The van der Waals surface area contributed by atoms with Crippen LogP contribution in [0.25, 0.3) is 11.0 Å². The van der Waals surface area contributed by atoms with Gasteiger partial charge in [-0.05, 0) is 26.0 Å². The van der Waals surface area contributed by atoms with E-state index in [-0.39, 0.29) is 31.1 Å². The Morgan fingerprint density at radius 1 is 1.20 bits per heavy atom. The molecule has 0 bridgehead atoms. The number of nitrogens with zero attached hydrogens (tertiary/aromatic N) is 3. The van der Waals surface area contributed by atoms with Gasteiger partial charge in [-0.15, -0.1) is 0 Å². The summed E-state index contributed by atoms with van der Waals surface area (Å²) in [5.74, 6) is -2.69. The molecule has 3 nitrogen and oxygen atoms in total. The van der Waals surface area contributed by atoms with E-state index in [2.05, 4.69) is 18.8 Å². The van der Waals surface area contributed by atoms with Gasteiger partial charge in [-0.3, -0.25) is 0 Å². The fourth-order valence-corrected chi connectivity index (χ4v) is 2.71. The highest BCUT2D eigenvalue weighted by Gasteiger charge is 2.40. The van der Waals surface area contributed by atoms with Crippen LogP contribution in [0, 0.1) is 5.82 Å². The van der Waals surface area contributed by atoms with Crippen LogP contribution >= 0.6 is 0 Å². The third-order valence-corrected chi connectivity index (χ3v) is 3.62. The van der Waals surface area contributed by atoms with Gasteiger partial charge in [0.15, 0.2) is 5.82 Å². The molecule has 1 aliphatic heterocycles. The van der Waals surface area contributed by atoms with E-state index in [0.29, 0.717) is 11.5 Å². The predicted octanol–water partition coefficient (Wildman–Crippen LogP) is 6.04. The first-order valence-electron chi connectivity index (χ1n) is 9.10. The van der Waals surface area contributed by atoms with Crippen molar-refractivity contribution in [3.8, 4) is 0 Å². The van der Waals surface area contributed by atoms with Crippen LogP contribution < -0.4 is 4.90 Å². The maximum atomic E-state index is 13.8. The van der Waals surface area contributed by atoms with Crippen molar-refractivity contribution in [1.82, 2.24) is 9.55 Å². The molecule has 1 aliphatic rings. The van der Waals surface area contributed by atoms with Gasteiger partial charge in [-0.25, -0.2) is 18.2 Å². The van der Waals surface area contributed by atoms with E-state index in [4.69, 9.17) is 0 Å². The number of aromatic nitrogens is 2. The molecule has 0 unspecified atom stereocenters. The second kappa shape index (κ2) is 9.11. The van der Waals surface area contributed by atoms with Gasteiger partial charge in [-0.2, -0.15) is 0 Å². The lowest BCUT2D eigenvalue weighted by atomic mass is 10.3. The Bertz CT molecular complexity index is 665. The van der Waals surface area contributed by atoms with Gasteiger partial charge in [0.1, 0.15) is 5.52 Å². The van der Waals surface area contributed by atoms with Crippen molar-refractivity contribution in [3.05, 3.63) is 24.0 Å². The summed E-state index contributed by atoms with van der Waals surface area (Å²) in [5, 5.41) is 0. The van der Waals surface area contributed by atoms with Gasteiger partial charge in [0, 0.05) is 19.0 Å². The van der Waals surface area contributed by atoms with Gasteiger partial charge in [0.25, 0.3) is 5.92 Å². The molecule has 1 fully saturated rings. The highest BCUT2D eigenvalue weighted by atomic mass is 19.3. The van der Waals surface area contributed by atoms with Crippen LogP contribution in [0.15, 0.2) is 18.2 Å². The summed E-state index contributed by atoms with van der Waals surface area (Å²) in [6.07, 6.45) is 1.07. The van der Waals surface area contributed by atoms with E-state index in [1.807, 2.05) is 32.3 Å². The predicted molar refractivity (Wildman–Crippen MR) is 99.2 cm³/mol. The first-order chi connectivity index (χ1) is 11.8. The smallest absolute Gasteiger partial charge is 0.267 e. The lowest BCUT2D eigenvalue weighted by Crippen LogP contribution is -2.27. The number of alkyl halides is 2. The lowest BCUT2D eigenvalue weighted by Gasteiger charge is -2.21. The highest BCUT2D eigenvalue weighted by Crippen LogP contribution is 2.34. The quantitative estimate of drug-likeness (QED) is 0.653. The number of rotatable bonds is 2. The molecule has 1 aromatic heterocycles. The molecule has 0 saturated carbocycles.